The van der Waals surface area contributed by atoms with Gasteiger partial charge < -0.3 is 15.1 Å². The lowest BCUT2D eigenvalue weighted by Gasteiger charge is -2.14. The van der Waals surface area contributed by atoms with Crippen molar-refractivity contribution in [3.63, 3.8) is 0 Å². The van der Waals surface area contributed by atoms with Crippen molar-refractivity contribution in [2.24, 2.45) is 0 Å². The van der Waals surface area contributed by atoms with Crippen molar-refractivity contribution in [1.29, 1.82) is 0 Å². The van der Waals surface area contributed by atoms with Gasteiger partial charge in [-0.05, 0) is 43.9 Å². The van der Waals surface area contributed by atoms with Crippen LogP contribution in [0.1, 0.15) is 5.56 Å². The number of hydrogen-bond acceptors (Lipinski definition) is 7. The molecule has 2 aromatic carbocycles. The fourth-order valence-electron chi connectivity index (χ4n) is 2.58. The van der Waals surface area contributed by atoms with E-state index >= 15 is 0 Å². The summed E-state index contributed by atoms with van der Waals surface area (Å²) < 4.78 is 27.2. The van der Waals surface area contributed by atoms with Crippen LogP contribution < -0.4 is 14.9 Å². The van der Waals surface area contributed by atoms with Crippen molar-refractivity contribution in [3.8, 4) is 0 Å². The molecule has 0 radical (unpaired) electrons. The number of nitrogens with zero attached hydrogens (tertiary/aromatic N) is 3. The summed E-state index contributed by atoms with van der Waals surface area (Å²) >= 11 is 0. The van der Waals surface area contributed by atoms with Crippen LogP contribution in [-0.2, 0) is 16.6 Å². The molecule has 2 aromatic rings. The molecule has 0 aliphatic carbocycles. The van der Waals surface area contributed by atoms with Gasteiger partial charge in [0.05, 0.1) is 9.82 Å². The maximum atomic E-state index is 12.4. The van der Waals surface area contributed by atoms with Gasteiger partial charge in [-0.2, -0.15) is 0 Å². The molecule has 10 heteroatoms. The molecule has 0 saturated carbocycles. The summed E-state index contributed by atoms with van der Waals surface area (Å²) in [7, 11) is 3.72. The summed E-state index contributed by atoms with van der Waals surface area (Å²) in [6.07, 6.45) is 0. The first-order valence-electron chi connectivity index (χ1n) is 9.03. The first-order valence-corrected chi connectivity index (χ1v) is 10.5. The second-order valence-corrected chi connectivity index (χ2v) is 8.82. The van der Waals surface area contributed by atoms with E-state index in [-0.39, 0.29) is 22.8 Å². The fourth-order valence-corrected chi connectivity index (χ4v) is 3.62. The number of hydrogen-bond donors (Lipinski definition) is 2. The monoisotopic (exact) mass is 421 g/mol. The Morgan fingerprint density at radius 3 is 2.24 bits per heavy atom. The second kappa shape index (κ2) is 9.68. The molecule has 0 aromatic heterocycles. The van der Waals surface area contributed by atoms with Gasteiger partial charge in [0.1, 0.15) is 5.69 Å². The number of benzene rings is 2. The topological polar surface area (TPSA) is 108 Å². The Labute approximate surface area is 171 Å². The van der Waals surface area contributed by atoms with Gasteiger partial charge in [0, 0.05) is 45.5 Å². The Hall–Kier alpha value is -2.69. The number of anilines is 2. The molecule has 0 unspecified atom stereocenters. The maximum absolute atomic E-state index is 12.4. The van der Waals surface area contributed by atoms with Crippen LogP contribution in [-0.4, -0.2) is 59.5 Å². The van der Waals surface area contributed by atoms with E-state index in [0.29, 0.717) is 13.1 Å². The van der Waals surface area contributed by atoms with Gasteiger partial charge >= 0.3 is 0 Å². The van der Waals surface area contributed by atoms with E-state index < -0.39 is 14.9 Å². The van der Waals surface area contributed by atoms with Crippen LogP contribution in [0.2, 0.25) is 0 Å². The summed E-state index contributed by atoms with van der Waals surface area (Å²) in [4.78, 5) is 14.6. The number of rotatable bonds is 10. The smallest absolute Gasteiger partial charge is 0.293 e. The molecule has 0 atom stereocenters. The fraction of sp³-hybridized carbons (Fsp3) is 0.368. The third kappa shape index (κ3) is 6.41. The third-order valence-corrected chi connectivity index (χ3v) is 5.72. The number of nitrogens with one attached hydrogen (secondary N) is 2. The van der Waals surface area contributed by atoms with Crippen molar-refractivity contribution in [1.82, 2.24) is 9.62 Å². The molecule has 0 bridgehead atoms. The van der Waals surface area contributed by atoms with E-state index in [9.17, 15) is 18.5 Å². The van der Waals surface area contributed by atoms with Crippen LogP contribution in [0.25, 0.3) is 0 Å². The van der Waals surface area contributed by atoms with Crippen molar-refractivity contribution in [2.75, 3.05) is 51.5 Å². The zero-order valence-corrected chi connectivity index (χ0v) is 17.9. The van der Waals surface area contributed by atoms with Gasteiger partial charge in [-0.15, -0.1) is 0 Å². The SMILES string of the molecule is CN(C)CCNS(=O)(=O)c1ccc(NCc2ccc(N(C)C)cc2)c([N+](=O)[O-])c1. The Morgan fingerprint density at radius 1 is 1.03 bits per heavy atom. The van der Waals surface area contributed by atoms with Gasteiger partial charge in [0.25, 0.3) is 5.69 Å². The predicted molar refractivity (Wildman–Crippen MR) is 115 cm³/mol. The van der Waals surface area contributed by atoms with Crippen LogP contribution in [0.5, 0.6) is 0 Å². The molecular weight excluding hydrogens is 394 g/mol. The molecule has 0 aliphatic rings. The molecule has 2 N–H and O–H groups in total. The van der Waals surface area contributed by atoms with Crippen molar-refractivity contribution >= 4 is 27.1 Å². The van der Waals surface area contributed by atoms with Crippen molar-refractivity contribution in [2.45, 2.75) is 11.4 Å². The highest BCUT2D eigenvalue weighted by Crippen LogP contribution is 2.28. The Bertz CT molecular complexity index is 944. The van der Waals surface area contributed by atoms with Crippen LogP contribution in [0.4, 0.5) is 17.1 Å². The largest absolute Gasteiger partial charge is 0.378 e. The van der Waals surface area contributed by atoms with E-state index in [2.05, 4.69) is 10.0 Å². The third-order valence-electron chi connectivity index (χ3n) is 4.26. The van der Waals surface area contributed by atoms with Gasteiger partial charge in [-0.3, -0.25) is 10.1 Å². The van der Waals surface area contributed by atoms with E-state index in [1.165, 1.54) is 12.1 Å². The Kier molecular flexibility index (Phi) is 7.54. The molecule has 0 spiro atoms. The minimum absolute atomic E-state index is 0.135. The highest BCUT2D eigenvalue weighted by molar-refractivity contribution is 7.89. The average Bonchev–Trinajstić information content (AvgIpc) is 2.66. The molecule has 0 aliphatic heterocycles. The first kappa shape index (κ1) is 22.6. The zero-order valence-electron chi connectivity index (χ0n) is 17.0. The summed E-state index contributed by atoms with van der Waals surface area (Å²) in [6, 6.07) is 11.6. The van der Waals surface area contributed by atoms with E-state index in [1.54, 1.807) is 0 Å². The summed E-state index contributed by atoms with van der Waals surface area (Å²) in [6.45, 7) is 1.11. The maximum Gasteiger partial charge on any atom is 0.293 e. The van der Waals surface area contributed by atoms with E-state index in [0.717, 1.165) is 17.3 Å². The van der Waals surface area contributed by atoms with Gasteiger partial charge in [0.15, 0.2) is 0 Å². The molecular formula is C19H27N5O4S. The van der Waals surface area contributed by atoms with Crippen LogP contribution in [0, 0.1) is 10.1 Å². The summed E-state index contributed by atoms with van der Waals surface area (Å²) in [5.74, 6) is 0. The molecule has 29 heavy (non-hydrogen) atoms. The lowest BCUT2D eigenvalue weighted by atomic mass is 10.2. The molecule has 0 heterocycles. The molecule has 2 rings (SSSR count). The minimum atomic E-state index is -3.82. The highest BCUT2D eigenvalue weighted by Gasteiger charge is 2.21. The van der Waals surface area contributed by atoms with Crippen LogP contribution in [0.3, 0.4) is 0 Å². The lowest BCUT2D eigenvalue weighted by molar-refractivity contribution is -0.384. The molecule has 158 valence electrons. The Balaban J connectivity index is 2.16. The molecule has 9 nitrogen and oxygen atoms in total. The lowest BCUT2D eigenvalue weighted by Crippen LogP contribution is -2.31. The standard InChI is InChI=1S/C19H27N5O4S/c1-22(2)12-11-21-29(27,28)17-9-10-18(19(13-17)24(25)26)20-14-15-5-7-16(8-6-15)23(3)4/h5-10,13,20-21H,11-12,14H2,1-4H3. The molecule has 0 saturated heterocycles. The average molecular weight is 422 g/mol. The van der Waals surface area contributed by atoms with Crippen molar-refractivity contribution in [3.05, 3.63) is 58.1 Å². The quantitative estimate of drug-likeness (QED) is 0.447. The van der Waals surface area contributed by atoms with Crippen LogP contribution >= 0.6 is 0 Å². The first-order chi connectivity index (χ1) is 13.6. The molecule has 0 fully saturated rings. The zero-order chi connectivity index (χ0) is 21.6. The van der Waals surface area contributed by atoms with Gasteiger partial charge in [-0.1, -0.05) is 12.1 Å². The van der Waals surface area contributed by atoms with Gasteiger partial charge in [0.2, 0.25) is 10.0 Å². The summed E-state index contributed by atoms with van der Waals surface area (Å²) in [5.41, 5.74) is 1.98. The number of nitro benzene ring substituents is 1. The van der Waals surface area contributed by atoms with Crippen molar-refractivity contribution < 1.29 is 13.3 Å². The second-order valence-electron chi connectivity index (χ2n) is 7.05. The van der Waals surface area contributed by atoms with E-state index in [1.807, 2.05) is 62.3 Å². The number of sulfonamides is 1. The molecule has 0 amide bonds. The summed E-state index contributed by atoms with van der Waals surface area (Å²) in [5, 5.41) is 14.5. The number of nitro groups is 1. The number of likely N-dealkylation sites (N-methyl/N-ethyl adjacent to an activating group) is 1. The van der Waals surface area contributed by atoms with Crippen LogP contribution in [0.15, 0.2) is 47.4 Å². The van der Waals surface area contributed by atoms with E-state index in [4.69, 9.17) is 0 Å². The Morgan fingerprint density at radius 2 is 1.69 bits per heavy atom. The highest BCUT2D eigenvalue weighted by atomic mass is 32.2. The predicted octanol–water partition coefficient (Wildman–Crippen LogP) is 2.11. The minimum Gasteiger partial charge on any atom is -0.378 e. The normalized spacial score (nSPS) is 11.5. The van der Waals surface area contributed by atoms with Gasteiger partial charge in [-0.25, -0.2) is 13.1 Å².